The number of anilines is 3. The third-order valence-corrected chi connectivity index (χ3v) is 16.0. The highest BCUT2D eigenvalue weighted by molar-refractivity contribution is 7.99. The molecule has 15 nitrogen and oxygen atoms in total. The van der Waals surface area contributed by atoms with Crippen LogP contribution in [0.5, 0.6) is 0 Å². The Morgan fingerprint density at radius 1 is 1.00 bits per heavy atom. The Morgan fingerprint density at radius 2 is 1.82 bits per heavy atom. The predicted octanol–water partition coefficient (Wildman–Crippen LogP) is 5.63. The summed E-state index contributed by atoms with van der Waals surface area (Å²) in [6.07, 6.45) is 4.00. The van der Waals surface area contributed by atoms with Gasteiger partial charge in [0.15, 0.2) is 26.3 Å². The van der Waals surface area contributed by atoms with Crippen LogP contribution in [0.15, 0.2) is 105 Å². The maximum atomic E-state index is 13.7. The first-order chi connectivity index (χ1) is 29.4. The number of benzene rings is 3. The highest BCUT2D eigenvalue weighted by atomic mass is 32.2. The molecule has 0 aliphatic carbocycles. The van der Waals surface area contributed by atoms with Gasteiger partial charge in [0.25, 0.3) is 5.91 Å². The Morgan fingerprint density at radius 3 is 2.61 bits per heavy atom. The van der Waals surface area contributed by atoms with E-state index in [1.807, 2.05) is 53.4 Å². The maximum absolute atomic E-state index is 13.7. The summed E-state index contributed by atoms with van der Waals surface area (Å²) in [6.45, 7) is 4.71. The fraction of sp³-hybridized carbons (Fsp3) is 0.317. The van der Waals surface area contributed by atoms with Crippen LogP contribution in [-0.4, -0.2) is 105 Å². The summed E-state index contributed by atoms with van der Waals surface area (Å²) in [6, 6.07) is 21.2. The Hall–Kier alpha value is -4.51. The number of sulfone groups is 1. The first-order valence-corrected chi connectivity index (χ1v) is 25.6. The summed E-state index contributed by atoms with van der Waals surface area (Å²) in [5, 5.41) is 20.1. The van der Waals surface area contributed by atoms with E-state index in [0.717, 1.165) is 59.1 Å². The van der Waals surface area contributed by atoms with Crippen molar-refractivity contribution in [2.75, 3.05) is 66.9 Å². The van der Waals surface area contributed by atoms with Crippen molar-refractivity contribution in [1.29, 1.82) is 0 Å². The van der Waals surface area contributed by atoms with Gasteiger partial charge in [0.2, 0.25) is 10.0 Å². The molecule has 8 rings (SSSR count). The van der Waals surface area contributed by atoms with Crippen LogP contribution in [0, 0.1) is 0 Å². The first kappa shape index (κ1) is 43.2. The van der Waals surface area contributed by atoms with Gasteiger partial charge in [-0.1, -0.05) is 41.7 Å². The lowest BCUT2D eigenvalue weighted by atomic mass is 9.94. The number of carbonyl (C=O) groups excluding carboxylic acids is 1. The molecule has 2 aliphatic rings. The molecule has 0 saturated carbocycles. The highest BCUT2D eigenvalue weighted by Crippen LogP contribution is 2.33. The number of morpholine rings is 1. The molecule has 20 heteroatoms. The number of aromatic nitrogens is 3. The van der Waals surface area contributed by atoms with Gasteiger partial charge in [0, 0.05) is 72.8 Å². The SMILES string of the molecule is CS(=O)(=O)c1cc(S(=O)(=O)NC(O)c2csc(N3CCc4cccc(C(=O)Nc5nc6cnccc6s5)c4C3)n2)ccc1N[C@H](CCN1CCOCC1)CSc1ccccc1. The lowest BCUT2D eigenvalue weighted by molar-refractivity contribution is 0.0370. The van der Waals surface area contributed by atoms with Crippen LogP contribution < -0.4 is 20.3 Å². The van der Waals surface area contributed by atoms with Crippen LogP contribution in [0.2, 0.25) is 0 Å². The normalized spacial score (nSPS) is 15.9. The van der Waals surface area contributed by atoms with Gasteiger partial charge < -0.3 is 20.1 Å². The molecule has 3 aromatic heterocycles. The van der Waals surface area contributed by atoms with Crippen molar-refractivity contribution in [3.8, 4) is 0 Å². The van der Waals surface area contributed by atoms with Gasteiger partial charge in [-0.3, -0.25) is 20.0 Å². The zero-order chi connectivity index (χ0) is 42.6. The number of nitrogens with one attached hydrogen (secondary N) is 3. The molecule has 3 aromatic carbocycles. The number of hydrogen-bond donors (Lipinski definition) is 4. The number of aliphatic hydroxyl groups is 1. The standard InChI is InChI=1S/C41H44N8O7S5/c1-60(52,53)37-22-30(10-11-33(37)43-28(14-16-48-18-20-56-21-19-48)25-57-29-7-3-2-4-8-29)61(54,55)47-39(51)35-26-58-41(45-35)49-17-13-27-6-5-9-31(32(27)24-49)38(50)46-40-44-34-23-42-15-12-36(34)59-40/h2-12,15,22-23,26,28,39,43,47,51H,13-14,16-21,24-25H2,1H3,(H,44,46,50)/t28-,39?/m1/s1. The minimum Gasteiger partial charge on any atom is -0.380 e. The smallest absolute Gasteiger partial charge is 0.257 e. The molecule has 5 heterocycles. The lowest BCUT2D eigenvalue weighted by Gasteiger charge is -2.29. The van der Waals surface area contributed by atoms with Gasteiger partial charge in [-0.15, -0.1) is 23.1 Å². The molecular weight excluding hydrogens is 877 g/mol. The lowest BCUT2D eigenvalue weighted by Crippen LogP contribution is -2.39. The van der Waals surface area contributed by atoms with Gasteiger partial charge in [0.1, 0.15) is 5.52 Å². The predicted molar refractivity (Wildman–Crippen MR) is 240 cm³/mol. The number of pyridine rings is 1. The molecule has 0 radical (unpaired) electrons. The number of nitrogens with zero attached hydrogens (tertiary/aromatic N) is 5. The topological polar surface area (TPSA) is 196 Å². The van der Waals surface area contributed by atoms with Gasteiger partial charge >= 0.3 is 0 Å². The minimum absolute atomic E-state index is 0.0753. The zero-order valence-electron chi connectivity index (χ0n) is 33.1. The van der Waals surface area contributed by atoms with Crippen molar-refractivity contribution in [3.05, 3.63) is 113 Å². The zero-order valence-corrected chi connectivity index (χ0v) is 37.1. The summed E-state index contributed by atoms with van der Waals surface area (Å²) in [4.78, 5) is 31.6. The van der Waals surface area contributed by atoms with Crippen molar-refractivity contribution in [1.82, 2.24) is 24.6 Å². The summed E-state index contributed by atoms with van der Waals surface area (Å²) in [5.74, 6) is 0.355. The van der Waals surface area contributed by atoms with Crippen LogP contribution in [0.3, 0.4) is 0 Å². The number of amides is 1. The van der Waals surface area contributed by atoms with Crippen LogP contribution in [0.1, 0.15) is 39.8 Å². The van der Waals surface area contributed by atoms with E-state index in [1.165, 1.54) is 34.8 Å². The van der Waals surface area contributed by atoms with Crippen molar-refractivity contribution >= 4 is 86.4 Å². The molecule has 2 atom stereocenters. The highest BCUT2D eigenvalue weighted by Gasteiger charge is 2.28. The average Bonchev–Trinajstić information content (AvgIpc) is 3.92. The third-order valence-electron chi connectivity index (χ3n) is 10.4. The van der Waals surface area contributed by atoms with Gasteiger partial charge in [0.05, 0.1) is 45.3 Å². The Kier molecular flexibility index (Phi) is 13.3. The van der Waals surface area contributed by atoms with Crippen LogP contribution in [-0.2, 0) is 37.6 Å². The summed E-state index contributed by atoms with van der Waals surface area (Å²) < 4.78 is 62.4. The summed E-state index contributed by atoms with van der Waals surface area (Å²) >= 11 is 4.25. The van der Waals surface area contributed by atoms with E-state index in [1.54, 1.807) is 35.6 Å². The molecule has 61 heavy (non-hydrogen) atoms. The number of hydrogen-bond acceptors (Lipinski definition) is 16. The second-order valence-corrected chi connectivity index (χ2v) is 21.3. The van der Waals surface area contributed by atoms with Crippen LogP contribution in [0.4, 0.5) is 16.0 Å². The quantitative estimate of drug-likeness (QED) is 0.0689. The number of fused-ring (bicyclic) bond motifs is 2. The minimum atomic E-state index is -4.43. The van der Waals surface area contributed by atoms with Crippen LogP contribution in [0.25, 0.3) is 10.2 Å². The molecule has 6 aromatic rings. The monoisotopic (exact) mass is 920 g/mol. The molecule has 2 aliphatic heterocycles. The second kappa shape index (κ2) is 18.9. The number of aliphatic hydroxyl groups excluding tert-OH is 1. The largest absolute Gasteiger partial charge is 0.380 e. The number of carbonyl (C=O) groups is 1. The number of thioether (sulfide) groups is 1. The molecule has 4 N–H and O–H groups in total. The second-order valence-electron chi connectivity index (χ2n) is 14.6. The molecule has 320 valence electrons. The van der Waals surface area contributed by atoms with E-state index in [0.29, 0.717) is 65.5 Å². The van der Waals surface area contributed by atoms with E-state index in [-0.39, 0.29) is 27.4 Å². The third kappa shape index (κ3) is 10.6. The van der Waals surface area contributed by atoms with E-state index in [2.05, 4.69) is 35.2 Å². The van der Waals surface area contributed by atoms with Gasteiger partial charge in [-0.05, 0) is 66.4 Å². The maximum Gasteiger partial charge on any atom is 0.257 e. The summed E-state index contributed by atoms with van der Waals surface area (Å²) in [5.41, 5.74) is 3.45. The molecule has 0 bridgehead atoms. The van der Waals surface area contributed by atoms with Crippen molar-refractivity contribution < 1.29 is 31.5 Å². The molecule has 1 unspecified atom stereocenters. The summed E-state index contributed by atoms with van der Waals surface area (Å²) in [7, 11) is -8.33. The fourth-order valence-electron chi connectivity index (χ4n) is 7.17. The molecule has 1 fully saturated rings. The first-order valence-electron chi connectivity index (χ1n) is 19.5. The number of ether oxygens (including phenoxy) is 1. The van der Waals surface area contributed by atoms with Crippen LogP contribution >= 0.6 is 34.4 Å². The molecule has 1 amide bonds. The Balaban J connectivity index is 0.948. The molecular formula is C41H44N8O7S5. The van der Waals surface area contributed by atoms with Crippen molar-refractivity contribution in [3.63, 3.8) is 0 Å². The van der Waals surface area contributed by atoms with E-state index >= 15 is 0 Å². The van der Waals surface area contributed by atoms with E-state index < -0.39 is 26.1 Å². The Labute approximate surface area is 366 Å². The number of sulfonamides is 1. The fourth-order valence-corrected chi connectivity index (χ4v) is 11.9. The van der Waals surface area contributed by atoms with E-state index in [9.17, 15) is 26.7 Å². The van der Waals surface area contributed by atoms with E-state index in [4.69, 9.17) is 4.74 Å². The molecule has 1 saturated heterocycles. The van der Waals surface area contributed by atoms with Gasteiger partial charge in [-0.2, -0.15) is 4.72 Å². The number of thiazole rings is 2. The molecule has 0 spiro atoms. The number of rotatable bonds is 16. The van der Waals surface area contributed by atoms with Gasteiger partial charge in [-0.25, -0.2) is 26.8 Å². The average molecular weight is 921 g/mol. The Bertz CT molecular complexity index is 2690. The van der Waals surface area contributed by atoms with Crippen molar-refractivity contribution in [2.45, 2.75) is 46.3 Å². The van der Waals surface area contributed by atoms with Crippen molar-refractivity contribution in [2.24, 2.45) is 0 Å².